The first-order chi connectivity index (χ1) is 10.1. The summed E-state index contributed by atoms with van der Waals surface area (Å²) in [6, 6.07) is 9.12. The maximum absolute atomic E-state index is 4.87. The van der Waals surface area contributed by atoms with Gasteiger partial charge in [-0.15, -0.1) is 0 Å². The van der Waals surface area contributed by atoms with Gasteiger partial charge in [0, 0.05) is 29.9 Å². The highest BCUT2D eigenvalue weighted by atomic mass is 15.1. The summed E-state index contributed by atoms with van der Waals surface area (Å²) in [5.41, 5.74) is 5.15. The molecule has 0 aliphatic carbocycles. The molecule has 0 N–H and O–H groups in total. The molecule has 21 heavy (non-hydrogen) atoms. The van der Waals surface area contributed by atoms with Crippen molar-refractivity contribution in [3.63, 3.8) is 0 Å². The summed E-state index contributed by atoms with van der Waals surface area (Å²) in [4.78, 5) is 7.37. The molecule has 0 bridgehead atoms. The van der Waals surface area contributed by atoms with Crippen molar-refractivity contribution in [1.29, 1.82) is 0 Å². The van der Waals surface area contributed by atoms with E-state index in [2.05, 4.69) is 56.9 Å². The van der Waals surface area contributed by atoms with E-state index in [0.717, 1.165) is 5.52 Å². The number of anilines is 1. The highest BCUT2D eigenvalue weighted by Gasteiger charge is 2.15. The van der Waals surface area contributed by atoms with Crippen LogP contribution in [0.15, 0.2) is 24.3 Å². The van der Waals surface area contributed by atoms with Crippen molar-refractivity contribution in [1.82, 2.24) is 4.98 Å². The predicted octanol–water partition coefficient (Wildman–Crippen LogP) is 5.08. The Bertz CT molecular complexity index is 637. The topological polar surface area (TPSA) is 16.1 Å². The minimum atomic E-state index is 0.477. The van der Waals surface area contributed by atoms with Crippen molar-refractivity contribution >= 4 is 16.6 Å². The van der Waals surface area contributed by atoms with Crippen LogP contribution in [0.3, 0.4) is 0 Å². The monoisotopic (exact) mass is 282 g/mol. The fourth-order valence-corrected chi connectivity index (χ4v) is 3.21. The standard InChI is InChI=1S/C19H26N2/c1-13(2)16-12-19(14(3)4)20-18-8-7-15(11-17(16)18)21-9-5-6-10-21/h7-8,11-14H,5-6,9-10H2,1-4H3. The first kappa shape index (κ1) is 14.4. The Morgan fingerprint density at radius 1 is 0.952 bits per heavy atom. The number of fused-ring (bicyclic) bond motifs is 1. The summed E-state index contributed by atoms with van der Waals surface area (Å²) < 4.78 is 0. The summed E-state index contributed by atoms with van der Waals surface area (Å²) in [7, 11) is 0. The maximum atomic E-state index is 4.87. The van der Waals surface area contributed by atoms with Gasteiger partial charge in [-0.05, 0) is 54.5 Å². The molecule has 1 aromatic carbocycles. The molecule has 3 rings (SSSR count). The molecule has 0 amide bonds. The van der Waals surface area contributed by atoms with Crippen LogP contribution in [0.25, 0.3) is 10.9 Å². The predicted molar refractivity (Wildman–Crippen MR) is 91.4 cm³/mol. The van der Waals surface area contributed by atoms with Crippen LogP contribution in [0.1, 0.15) is 63.6 Å². The summed E-state index contributed by atoms with van der Waals surface area (Å²) in [6.07, 6.45) is 2.64. The SMILES string of the molecule is CC(C)c1cc(C(C)C)c2cc(N3CCCC3)ccc2n1. The van der Waals surface area contributed by atoms with Gasteiger partial charge in [-0.3, -0.25) is 4.98 Å². The molecule has 1 aromatic heterocycles. The molecule has 2 heteroatoms. The van der Waals surface area contributed by atoms with Gasteiger partial charge in [0.05, 0.1) is 5.52 Å². The highest BCUT2D eigenvalue weighted by molar-refractivity contribution is 5.86. The van der Waals surface area contributed by atoms with Gasteiger partial charge in [0.15, 0.2) is 0 Å². The maximum Gasteiger partial charge on any atom is 0.0709 e. The lowest BCUT2D eigenvalue weighted by Gasteiger charge is -2.20. The molecule has 0 atom stereocenters. The van der Waals surface area contributed by atoms with Crippen molar-refractivity contribution in [3.05, 3.63) is 35.5 Å². The van der Waals surface area contributed by atoms with Gasteiger partial charge in [0.2, 0.25) is 0 Å². The largest absolute Gasteiger partial charge is 0.372 e. The Morgan fingerprint density at radius 3 is 2.29 bits per heavy atom. The molecule has 0 saturated carbocycles. The Morgan fingerprint density at radius 2 is 1.67 bits per heavy atom. The Labute approximate surface area is 128 Å². The lowest BCUT2D eigenvalue weighted by molar-refractivity contribution is 0.811. The second-order valence-electron chi connectivity index (χ2n) is 6.84. The molecular weight excluding hydrogens is 256 g/mol. The van der Waals surface area contributed by atoms with Gasteiger partial charge >= 0.3 is 0 Å². The van der Waals surface area contributed by atoms with E-state index in [-0.39, 0.29) is 0 Å². The highest BCUT2D eigenvalue weighted by Crippen LogP contribution is 2.31. The van der Waals surface area contributed by atoms with Crippen LogP contribution >= 0.6 is 0 Å². The van der Waals surface area contributed by atoms with Crippen LogP contribution in [0.5, 0.6) is 0 Å². The number of nitrogens with zero attached hydrogens (tertiary/aromatic N) is 2. The van der Waals surface area contributed by atoms with E-state index < -0.39 is 0 Å². The lowest BCUT2D eigenvalue weighted by Crippen LogP contribution is -2.17. The molecule has 1 aliphatic rings. The van der Waals surface area contributed by atoms with Gasteiger partial charge in [-0.25, -0.2) is 0 Å². The molecule has 1 fully saturated rings. The smallest absolute Gasteiger partial charge is 0.0709 e. The minimum absolute atomic E-state index is 0.477. The second kappa shape index (κ2) is 5.67. The number of aromatic nitrogens is 1. The van der Waals surface area contributed by atoms with E-state index in [0.29, 0.717) is 11.8 Å². The van der Waals surface area contributed by atoms with Crippen LogP contribution in [-0.2, 0) is 0 Å². The molecular formula is C19H26N2. The van der Waals surface area contributed by atoms with E-state index in [1.165, 1.54) is 48.3 Å². The zero-order chi connectivity index (χ0) is 15.0. The first-order valence-electron chi connectivity index (χ1n) is 8.26. The van der Waals surface area contributed by atoms with Crippen LogP contribution in [0.4, 0.5) is 5.69 Å². The number of rotatable bonds is 3. The lowest BCUT2D eigenvalue weighted by atomic mass is 9.95. The molecule has 2 nitrogen and oxygen atoms in total. The van der Waals surface area contributed by atoms with Gasteiger partial charge in [-0.2, -0.15) is 0 Å². The molecule has 2 heterocycles. The third kappa shape index (κ3) is 2.76. The fourth-order valence-electron chi connectivity index (χ4n) is 3.21. The fraction of sp³-hybridized carbons (Fsp3) is 0.526. The molecule has 112 valence electrons. The van der Waals surface area contributed by atoms with Crippen molar-refractivity contribution < 1.29 is 0 Å². The van der Waals surface area contributed by atoms with Crippen molar-refractivity contribution in [2.24, 2.45) is 0 Å². The third-order valence-corrected chi connectivity index (χ3v) is 4.53. The van der Waals surface area contributed by atoms with Crippen LogP contribution in [0.2, 0.25) is 0 Å². The van der Waals surface area contributed by atoms with Crippen molar-refractivity contribution in [3.8, 4) is 0 Å². The summed E-state index contributed by atoms with van der Waals surface area (Å²) in [6.45, 7) is 11.4. The Kier molecular flexibility index (Phi) is 3.88. The van der Waals surface area contributed by atoms with E-state index in [1.54, 1.807) is 0 Å². The number of benzene rings is 1. The first-order valence-corrected chi connectivity index (χ1v) is 8.26. The quantitative estimate of drug-likeness (QED) is 0.780. The second-order valence-corrected chi connectivity index (χ2v) is 6.84. The van der Waals surface area contributed by atoms with Gasteiger partial charge < -0.3 is 4.90 Å². The summed E-state index contributed by atoms with van der Waals surface area (Å²) >= 11 is 0. The minimum Gasteiger partial charge on any atom is -0.372 e. The van der Waals surface area contributed by atoms with E-state index in [1.807, 2.05) is 0 Å². The molecule has 2 aromatic rings. The number of hydrogen-bond acceptors (Lipinski definition) is 2. The Hall–Kier alpha value is -1.57. The van der Waals surface area contributed by atoms with Crippen LogP contribution in [0, 0.1) is 0 Å². The van der Waals surface area contributed by atoms with Gasteiger partial charge in [-0.1, -0.05) is 27.7 Å². The normalized spacial score (nSPS) is 15.6. The van der Waals surface area contributed by atoms with E-state index in [4.69, 9.17) is 4.98 Å². The molecule has 1 aliphatic heterocycles. The molecule has 0 unspecified atom stereocenters. The van der Waals surface area contributed by atoms with Gasteiger partial charge in [0.1, 0.15) is 0 Å². The molecule has 0 radical (unpaired) electrons. The van der Waals surface area contributed by atoms with Crippen LogP contribution < -0.4 is 4.90 Å². The van der Waals surface area contributed by atoms with Crippen molar-refractivity contribution in [2.45, 2.75) is 52.4 Å². The Balaban J connectivity index is 2.14. The summed E-state index contributed by atoms with van der Waals surface area (Å²) in [5, 5.41) is 1.33. The zero-order valence-corrected chi connectivity index (χ0v) is 13.7. The van der Waals surface area contributed by atoms with Crippen LogP contribution in [-0.4, -0.2) is 18.1 Å². The molecule has 1 saturated heterocycles. The molecule has 0 spiro atoms. The van der Waals surface area contributed by atoms with Crippen molar-refractivity contribution in [2.75, 3.05) is 18.0 Å². The average molecular weight is 282 g/mol. The third-order valence-electron chi connectivity index (χ3n) is 4.53. The zero-order valence-electron chi connectivity index (χ0n) is 13.7. The van der Waals surface area contributed by atoms with E-state index in [9.17, 15) is 0 Å². The number of pyridine rings is 1. The van der Waals surface area contributed by atoms with Gasteiger partial charge in [0.25, 0.3) is 0 Å². The average Bonchev–Trinajstić information content (AvgIpc) is 2.99. The number of hydrogen-bond donors (Lipinski definition) is 0. The van der Waals surface area contributed by atoms with E-state index >= 15 is 0 Å². The summed E-state index contributed by atoms with van der Waals surface area (Å²) in [5.74, 6) is 1.01.